The highest BCUT2D eigenvalue weighted by Crippen LogP contribution is 2.38. The number of carbonyl (C=O) groups excluding carboxylic acids is 1. The minimum absolute atomic E-state index is 0.00670. The number of piperidine rings is 2. The third-order valence-electron chi connectivity index (χ3n) is 7.37. The lowest BCUT2D eigenvalue weighted by Crippen LogP contribution is -2.61. The van der Waals surface area contributed by atoms with Gasteiger partial charge in [-0.25, -0.2) is 14.4 Å². The molecule has 4 N–H and O–H groups in total. The number of halogens is 3. The summed E-state index contributed by atoms with van der Waals surface area (Å²) in [4.78, 5) is 21.4. The maximum absolute atomic E-state index is 14.7. The molecule has 2 aliphatic heterocycles. The minimum Gasteiger partial charge on any atom is -0.486 e. The number of carbonyl (C=O) groups is 1. The van der Waals surface area contributed by atoms with Gasteiger partial charge in [0.1, 0.15) is 6.10 Å². The van der Waals surface area contributed by atoms with Gasteiger partial charge in [0.25, 0.3) is 0 Å². The van der Waals surface area contributed by atoms with Crippen LogP contribution in [0.2, 0.25) is 0 Å². The summed E-state index contributed by atoms with van der Waals surface area (Å²) in [5.74, 6) is -0.924. The number of rotatable bonds is 10. The van der Waals surface area contributed by atoms with Crippen LogP contribution in [0, 0.1) is 5.82 Å². The number of anilines is 3. The number of ether oxygens (including phenoxy) is 2. The van der Waals surface area contributed by atoms with E-state index < -0.39 is 18.3 Å². The van der Waals surface area contributed by atoms with E-state index in [9.17, 15) is 18.0 Å². The van der Waals surface area contributed by atoms with Gasteiger partial charge < -0.3 is 20.5 Å². The van der Waals surface area contributed by atoms with E-state index in [-0.39, 0.29) is 47.0 Å². The summed E-state index contributed by atoms with van der Waals surface area (Å²) >= 11 is 0. The lowest BCUT2D eigenvalue weighted by Gasteiger charge is -2.52. The molecule has 10 nitrogen and oxygen atoms in total. The van der Waals surface area contributed by atoms with Gasteiger partial charge in [0.05, 0.1) is 12.7 Å². The number of aromatic nitrogens is 2. The van der Waals surface area contributed by atoms with E-state index in [1.807, 2.05) is 9.91 Å². The number of amides is 1. The van der Waals surface area contributed by atoms with Crippen molar-refractivity contribution in [2.45, 2.75) is 83.6 Å². The second kappa shape index (κ2) is 12.0. The maximum Gasteiger partial charge on any atom is 0.387 e. The molecule has 0 bridgehead atoms. The van der Waals surface area contributed by atoms with Crippen LogP contribution in [0.1, 0.15) is 59.8 Å². The Labute approximate surface area is 232 Å². The van der Waals surface area contributed by atoms with E-state index in [1.165, 1.54) is 12.1 Å². The molecule has 220 valence electrons. The zero-order valence-corrected chi connectivity index (χ0v) is 23.3. The van der Waals surface area contributed by atoms with Crippen LogP contribution < -0.4 is 25.9 Å². The molecular formula is C27H38F3N7O3. The molecule has 1 amide bonds. The first-order chi connectivity index (χ1) is 18.8. The van der Waals surface area contributed by atoms with Crippen LogP contribution in [0.5, 0.6) is 11.5 Å². The van der Waals surface area contributed by atoms with Gasteiger partial charge in [-0.15, -0.1) is 0 Å². The Morgan fingerprint density at radius 1 is 1.15 bits per heavy atom. The SMILES string of the molecule is CC1(C)CCCC(C)(C)N1Nc1nc(Nc2ccc(OC3CCN(CC(N)=O)CC3)c(OC(F)F)c2)ncc1F. The Bertz CT molecular complexity index is 1170. The predicted octanol–water partition coefficient (Wildman–Crippen LogP) is 4.66. The fourth-order valence-electron chi connectivity index (χ4n) is 5.50. The summed E-state index contributed by atoms with van der Waals surface area (Å²) in [7, 11) is 0. The van der Waals surface area contributed by atoms with Crippen LogP contribution in [0.25, 0.3) is 0 Å². The van der Waals surface area contributed by atoms with Crippen molar-refractivity contribution in [2.24, 2.45) is 5.73 Å². The number of nitrogens with zero attached hydrogens (tertiary/aromatic N) is 4. The smallest absolute Gasteiger partial charge is 0.387 e. The van der Waals surface area contributed by atoms with Crippen molar-refractivity contribution in [2.75, 3.05) is 30.4 Å². The van der Waals surface area contributed by atoms with Gasteiger partial charge in [-0.1, -0.05) is 0 Å². The third-order valence-corrected chi connectivity index (χ3v) is 7.37. The lowest BCUT2D eigenvalue weighted by molar-refractivity contribution is -0.119. The summed E-state index contributed by atoms with van der Waals surface area (Å²) in [5.41, 5.74) is 8.30. The Morgan fingerprint density at radius 2 is 1.82 bits per heavy atom. The molecule has 13 heteroatoms. The molecule has 2 fully saturated rings. The topological polar surface area (TPSA) is 118 Å². The number of primary amides is 1. The van der Waals surface area contributed by atoms with E-state index >= 15 is 0 Å². The summed E-state index contributed by atoms with van der Waals surface area (Å²) in [6, 6.07) is 4.50. The Hall–Kier alpha value is -3.32. The number of hydrogen-bond donors (Lipinski definition) is 3. The zero-order chi connectivity index (χ0) is 29.1. The molecule has 0 aliphatic carbocycles. The highest BCUT2D eigenvalue weighted by molar-refractivity contribution is 5.75. The normalized spacial score (nSPS) is 19.8. The number of nitrogens with one attached hydrogen (secondary N) is 2. The maximum atomic E-state index is 14.7. The molecule has 2 saturated heterocycles. The second-order valence-electron chi connectivity index (χ2n) is 11.5. The molecule has 2 aromatic rings. The number of likely N-dealkylation sites (tertiary alicyclic amines) is 1. The quantitative estimate of drug-likeness (QED) is 0.378. The van der Waals surface area contributed by atoms with Crippen LogP contribution in [-0.2, 0) is 4.79 Å². The number of hydrazine groups is 1. The van der Waals surface area contributed by atoms with Crippen LogP contribution in [-0.4, -0.2) is 69.2 Å². The Morgan fingerprint density at radius 3 is 2.45 bits per heavy atom. The van der Waals surface area contributed by atoms with Crippen LogP contribution >= 0.6 is 0 Å². The molecule has 40 heavy (non-hydrogen) atoms. The molecule has 0 unspecified atom stereocenters. The number of benzene rings is 1. The van der Waals surface area contributed by atoms with Gasteiger partial charge in [0.15, 0.2) is 23.1 Å². The molecule has 2 aliphatic rings. The largest absolute Gasteiger partial charge is 0.486 e. The van der Waals surface area contributed by atoms with Gasteiger partial charge in [-0.2, -0.15) is 13.8 Å². The van der Waals surface area contributed by atoms with E-state index in [2.05, 4.69) is 48.4 Å². The van der Waals surface area contributed by atoms with Gasteiger partial charge in [-0.05, 0) is 71.9 Å². The van der Waals surface area contributed by atoms with Gasteiger partial charge in [0, 0.05) is 35.9 Å². The summed E-state index contributed by atoms with van der Waals surface area (Å²) in [6.45, 7) is 6.68. The van der Waals surface area contributed by atoms with Crippen molar-refractivity contribution in [1.82, 2.24) is 19.9 Å². The van der Waals surface area contributed by atoms with E-state index in [0.717, 1.165) is 25.5 Å². The first-order valence-corrected chi connectivity index (χ1v) is 13.5. The highest BCUT2D eigenvalue weighted by atomic mass is 19.3. The van der Waals surface area contributed by atoms with Crippen molar-refractivity contribution >= 4 is 23.4 Å². The standard InChI is InChI=1S/C27H38F3N7O3/c1-26(2)10-5-11-27(3,4)37(26)35-23-19(28)15-32-25(34-23)33-17-6-7-20(21(14-17)40-24(29)30)39-18-8-12-36(13-9-18)16-22(31)38/h6-7,14-15,18,24H,5,8-13,16H2,1-4H3,(H2,31,38)(H2,32,33,34,35). The fourth-order valence-corrected chi connectivity index (χ4v) is 5.50. The first kappa shape index (κ1) is 29.7. The highest BCUT2D eigenvalue weighted by Gasteiger charge is 2.42. The summed E-state index contributed by atoms with van der Waals surface area (Å²) in [5, 5.41) is 4.97. The summed E-state index contributed by atoms with van der Waals surface area (Å²) < 4.78 is 51.9. The monoisotopic (exact) mass is 565 g/mol. The molecule has 0 spiro atoms. The van der Waals surface area contributed by atoms with Crippen LogP contribution in [0.4, 0.5) is 30.6 Å². The van der Waals surface area contributed by atoms with Crippen molar-refractivity contribution < 1.29 is 27.4 Å². The number of nitrogens with two attached hydrogens (primary N) is 1. The van der Waals surface area contributed by atoms with Gasteiger partial charge >= 0.3 is 6.61 Å². The molecule has 1 aromatic carbocycles. The van der Waals surface area contributed by atoms with Crippen LogP contribution in [0.15, 0.2) is 24.4 Å². The molecule has 1 aromatic heterocycles. The predicted molar refractivity (Wildman–Crippen MR) is 145 cm³/mol. The summed E-state index contributed by atoms with van der Waals surface area (Å²) in [6.07, 6.45) is 4.97. The van der Waals surface area contributed by atoms with Gasteiger partial charge in [0.2, 0.25) is 11.9 Å². The molecular weight excluding hydrogens is 527 g/mol. The Kier molecular flexibility index (Phi) is 8.93. The van der Waals surface area contributed by atoms with Crippen molar-refractivity contribution in [1.29, 1.82) is 0 Å². The molecule has 3 heterocycles. The van der Waals surface area contributed by atoms with E-state index in [0.29, 0.717) is 31.6 Å². The van der Waals surface area contributed by atoms with Crippen molar-refractivity contribution in [3.8, 4) is 11.5 Å². The second-order valence-corrected chi connectivity index (χ2v) is 11.5. The van der Waals surface area contributed by atoms with E-state index in [4.69, 9.17) is 15.2 Å². The molecule has 0 saturated carbocycles. The van der Waals surface area contributed by atoms with Crippen molar-refractivity contribution in [3.05, 3.63) is 30.2 Å². The average molecular weight is 566 g/mol. The number of hydrogen-bond acceptors (Lipinski definition) is 9. The fraction of sp³-hybridized carbons (Fsp3) is 0.593. The minimum atomic E-state index is -3.07. The lowest BCUT2D eigenvalue weighted by atomic mass is 9.81. The average Bonchev–Trinajstić information content (AvgIpc) is 2.85. The van der Waals surface area contributed by atoms with Crippen molar-refractivity contribution in [3.63, 3.8) is 0 Å². The number of alkyl halides is 2. The Balaban J connectivity index is 1.48. The van der Waals surface area contributed by atoms with Crippen LogP contribution in [0.3, 0.4) is 0 Å². The third kappa shape index (κ3) is 7.45. The first-order valence-electron chi connectivity index (χ1n) is 13.5. The molecule has 4 rings (SSSR count). The van der Waals surface area contributed by atoms with Gasteiger partial charge in [-0.3, -0.25) is 15.1 Å². The van der Waals surface area contributed by atoms with E-state index in [1.54, 1.807) is 6.07 Å². The molecule has 0 atom stereocenters. The molecule has 0 radical (unpaired) electrons. The zero-order valence-electron chi connectivity index (χ0n) is 23.3.